The van der Waals surface area contributed by atoms with Crippen molar-refractivity contribution < 1.29 is 9.53 Å². The van der Waals surface area contributed by atoms with Crippen LogP contribution in [-0.2, 0) is 13.2 Å². The lowest BCUT2D eigenvalue weighted by molar-refractivity contribution is 0.145. The van der Waals surface area contributed by atoms with Crippen LogP contribution in [0.1, 0.15) is 31.4 Å². The van der Waals surface area contributed by atoms with Crippen molar-refractivity contribution in [3.63, 3.8) is 0 Å². The van der Waals surface area contributed by atoms with Gasteiger partial charge in [-0.15, -0.1) is 5.10 Å². The van der Waals surface area contributed by atoms with E-state index in [0.29, 0.717) is 6.61 Å². The topological polar surface area (TPSA) is 72.3 Å². The molecule has 2 heterocycles. The fraction of sp³-hybridized carbons (Fsp3) is 0.500. The molecule has 25 heavy (non-hydrogen) atoms. The molecular formula is C18H25N5O2. The highest BCUT2D eigenvalue weighted by Crippen LogP contribution is 2.20. The van der Waals surface area contributed by atoms with Gasteiger partial charge in [0.1, 0.15) is 18.1 Å². The number of piperidine rings is 1. The Kier molecular flexibility index (Phi) is 5.87. The lowest BCUT2D eigenvalue weighted by atomic mass is 10.00. The second-order valence-electron chi connectivity index (χ2n) is 6.26. The first kappa shape index (κ1) is 17.3. The molecule has 0 bridgehead atoms. The highest BCUT2D eigenvalue weighted by atomic mass is 16.5. The molecule has 1 N–H and O–H groups in total. The largest absolute Gasteiger partial charge is 0.487 e. The molecule has 1 aliphatic heterocycles. The normalized spacial score (nSPS) is 17.3. The van der Waals surface area contributed by atoms with E-state index in [1.165, 1.54) is 6.42 Å². The third-order valence-corrected chi connectivity index (χ3v) is 4.51. The first-order chi connectivity index (χ1) is 12.3. The predicted molar refractivity (Wildman–Crippen MR) is 94.2 cm³/mol. The molecule has 1 aliphatic rings. The number of urea groups is 1. The number of hydrogen-bond donors (Lipinski definition) is 1. The van der Waals surface area contributed by atoms with E-state index >= 15 is 0 Å². The summed E-state index contributed by atoms with van der Waals surface area (Å²) < 4.78 is 7.52. The van der Waals surface area contributed by atoms with Crippen molar-refractivity contribution >= 4 is 6.03 Å². The van der Waals surface area contributed by atoms with Gasteiger partial charge >= 0.3 is 6.03 Å². The molecule has 0 spiro atoms. The molecular weight excluding hydrogens is 318 g/mol. The number of para-hydroxylation sites is 1. The second-order valence-corrected chi connectivity index (χ2v) is 6.26. The van der Waals surface area contributed by atoms with Crippen molar-refractivity contribution in [2.45, 2.75) is 44.9 Å². The molecule has 134 valence electrons. The van der Waals surface area contributed by atoms with Crippen molar-refractivity contribution in [1.82, 2.24) is 25.2 Å². The first-order valence-corrected chi connectivity index (χ1v) is 8.81. The zero-order valence-corrected chi connectivity index (χ0v) is 14.6. The third kappa shape index (κ3) is 4.71. The number of nitrogens with one attached hydrogen (secondary N) is 1. The summed E-state index contributed by atoms with van der Waals surface area (Å²) in [6.07, 6.45) is 6.09. The van der Waals surface area contributed by atoms with Gasteiger partial charge in [0.2, 0.25) is 0 Å². The third-order valence-electron chi connectivity index (χ3n) is 4.51. The Morgan fingerprint density at radius 2 is 2.16 bits per heavy atom. The number of carbonyl (C=O) groups is 1. The number of carbonyl (C=O) groups excluding carboxylic acids is 1. The van der Waals surface area contributed by atoms with Crippen LogP contribution >= 0.6 is 0 Å². The molecule has 7 nitrogen and oxygen atoms in total. The quantitative estimate of drug-likeness (QED) is 0.874. The van der Waals surface area contributed by atoms with Gasteiger partial charge in [0, 0.05) is 26.2 Å². The molecule has 2 amide bonds. The molecule has 0 saturated carbocycles. The molecule has 2 aromatic rings. The molecule has 1 atom stereocenters. The van der Waals surface area contributed by atoms with Crippen LogP contribution in [0.5, 0.6) is 5.75 Å². The van der Waals surface area contributed by atoms with Gasteiger partial charge in [-0.05, 0) is 37.8 Å². The Bertz CT molecular complexity index is 673. The zero-order valence-electron chi connectivity index (χ0n) is 14.6. The standard InChI is InChI=1S/C18H25N5O2/c1-19-18(24)23-11-6-5-7-16(23)10-12-22-13-15(20-21-22)14-25-17-8-3-2-4-9-17/h2-4,8-9,13,16H,5-7,10-12,14H2,1H3,(H,19,24). The maximum atomic E-state index is 12.0. The summed E-state index contributed by atoms with van der Waals surface area (Å²) in [4.78, 5) is 13.9. The van der Waals surface area contributed by atoms with Crippen molar-refractivity contribution in [1.29, 1.82) is 0 Å². The Hall–Kier alpha value is -2.57. The van der Waals surface area contributed by atoms with Crippen molar-refractivity contribution in [2.75, 3.05) is 13.6 Å². The summed E-state index contributed by atoms with van der Waals surface area (Å²) in [5, 5.41) is 11.1. The predicted octanol–water partition coefficient (Wildman–Crippen LogP) is 2.44. The van der Waals surface area contributed by atoms with E-state index < -0.39 is 0 Å². The highest BCUT2D eigenvalue weighted by Gasteiger charge is 2.25. The smallest absolute Gasteiger partial charge is 0.317 e. The Balaban J connectivity index is 1.50. The van der Waals surface area contributed by atoms with E-state index in [1.807, 2.05) is 46.1 Å². The van der Waals surface area contributed by atoms with Crippen LogP contribution in [0.25, 0.3) is 0 Å². The Morgan fingerprint density at radius 1 is 1.32 bits per heavy atom. The van der Waals surface area contributed by atoms with Gasteiger partial charge in [0.05, 0.1) is 6.20 Å². The molecule has 3 rings (SSSR count). The molecule has 1 saturated heterocycles. The van der Waals surface area contributed by atoms with Gasteiger partial charge in [0.15, 0.2) is 0 Å². The van der Waals surface area contributed by atoms with Crippen molar-refractivity contribution in [3.8, 4) is 5.75 Å². The van der Waals surface area contributed by atoms with Gasteiger partial charge in [-0.2, -0.15) is 0 Å². The van der Waals surface area contributed by atoms with E-state index in [0.717, 1.165) is 43.8 Å². The number of aryl methyl sites for hydroxylation is 1. The summed E-state index contributed by atoms with van der Waals surface area (Å²) in [5.41, 5.74) is 0.802. The molecule has 0 aliphatic carbocycles. The van der Waals surface area contributed by atoms with Crippen LogP contribution in [0.4, 0.5) is 4.79 Å². The van der Waals surface area contributed by atoms with E-state index in [-0.39, 0.29) is 12.1 Å². The second kappa shape index (κ2) is 8.50. The molecule has 0 radical (unpaired) electrons. The average Bonchev–Trinajstić information content (AvgIpc) is 3.13. The SMILES string of the molecule is CNC(=O)N1CCCCC1CCn1cc(COc2ccccc2)nn1. The van der Waals surface area contributed by atoms with E-state index in [2.05, 4.69) is 15.6 Å². The van der Waals surface area contributed by atoms with Crippen LogP contribution < -0.4 is 10.1 Å². The summed E-state index contributed by atoms with van der Waals surface area (Å²) in [6, 6.07) is 9.95. The summed E-state index contributed by atoms with van der Waals surface area (Å²) in [7, 11) is 1.68. The van der Waals surface area contributed by atoms with Crippen LogP contribution in [-0.4, -0.2) is 45.6 Å². The summed E-state index contributed by atoms with van der Waals surface area (Å²) >= 11 is 0. The Labute approximate surface area is 148 Å². The van der Waals surface area contributed by atoms with Gasteiger partial charge in [0.25, 0.3) is 0 Å². The number of likely N-dealkylation sites (tertiary alicyclic amines) is 1. The lowest BCUT2D eigenvalue weighted by Gasteiger charge is -2.35. The monoisotopic (exact) mass is 343 g/mol. The molecule has 1 unspecified atom stereocenters. The Morgan fingerprint density at radius 3 is 2.96 bits per heavy atom. The number of hydrogen-bond acceptors (Lipinski definition) is 4. The number of rotatable bonds is 6. The first-order valence-electron chi connectivity index (χ1n) is 8.81. The zero-order chi connectivity index (χ0) is 17.5. The van der Waals surface area contributed by atoms with E-state index in [9.17, 15) is 4.79 Å². The molecule has 1 aromatic carbocycles. The number of nitrogens with zero attached hydrogens (tertiary/aromatic N) is 4. The number of amides is 2. The number of benzene rings is 1. The van der Waals surface area contributed by atoms with Crippen LogP contribution in [0.15, 0.2) is 36.5 Å². The fourth-order valence-corrected chi connectivity index (χ4v) is 3.18. The average molecular weight is 343 g/mol. The molecule has 7 heteroatoms. The van der Waals surface area contributed by atoms with E-state index in [1.54, 1.807) is 7.05 Å². The van der Waals surface area contributed by atoms with Gasteiger partial charge in [-0.1, -0.05) is 23.4 Å². The molecule has 1 fully saturated rings. The summed E-state index contributed by atoms with van der Waals surface area (Å²) in [6.45, 7) is 1.98. The number of aromatic nitrogens is 3. The number of ether oxygens (including phenoxy) is 1. The van der Waals surface area contributed by atoms with Gasteiger partial charge < -0.3 is 15.0 Å². The van der Waals surface area contributed by atoms with Crippen LogP contribution in [0.3, 0.4) is 0 Å². The van der Waals surface area contributed by atoms with Crippen molar-refractivity contribution in [2.24, 2.45) is 0 Å². The maximum Gasteiger partial charge on any atom is 0.317 e. The van der Waals surface area contributed by atoms with E-state index in [4.69, 9.17) is 4.74 Å². The van der Waals surface area contributed by atoms with Crippen LogP contribution in [0, 0.1) is 0 Å². The minimum atomic E-state index is 0.0141. The fourth-order valence-electron chi connectivity index (χ4n) is 3.18. The minimum absolute atomic E-state index is 0.0141. The molecule has 1 aromatic heterocycles. The lowest BCUT2D eigenvalue weighted by Crippen LogP contribution is -2.48. The highest BCUT2D eigenvalue weighted by molar-refractivity contribution is 5.74. The minimum Gasteiger partial charge on any atom is -0.487 e. The summed E-state index contributed by atoms with van der Waals surface area (Å²) in [5.74, 6) is 0.820. The van der Waals surface area contributed by atoms with Crippen molar-refractivity contribution in [3.05, 3.63) is 42.2 Å². The maximum absolute atomic E-state index is 12.0. The van der Waals surface area contributed by atoms with Gasteiger partial charge in [-0.3, -0.25) is 4.68 Å². The van der Waals surface area contributed by atoms with Crippen LogP contribution in [0.2, 0.25) is 0 Å². The van der Waals surface area contributed by atoms with Gasteiger partial charge in [-0.25, -0.2) is 4.79 Å².